The Hall–Kier alpha value is -3.04. The first kappa shape index (κ1) is 18.7. The van der Waals surface area contributed by atoms with E-state index in [9.17, 15) is 18.8 Å². The summed E-state index contributed by atoms with van der Waals surface area (Å²) in [5, 5.41) is 5.24. The Morgan fingerprint density at radius 2 is 2.07 bits per heavy atom. The van der Waals surface area contributed by atoms with Gasteiger partial charge < -0.3 is 25.0 Å². The fourth-order valence-electron chi connectivity index (χ4n) is 3.01. The summed E-state index contributed by atoms with van der Waals surface area (Å²) in [4.78, 5) is 37.2. The van der Waals surface area contributed by atoms with Crippen molar-refractivity contribution in [2.75, 3.05) is 43.1 Å². The lowest BCUT2D eigenvalue weighted by Crippen LogP contribution is -2.59. The lowest BCUT2D eigenvalue weighted by atomic mass is 10.1. The van der Waals surface area contributed by atoms with Crippen molar-refractivity contribution in [3.63, 3.8) is 0 Å². The number of halogens is 1. The minimum absolute atomic E-state index is 0.0976. The van der Waals surface area contributed by atoms with Crippen molar-refractivity contribution in [2.45, 2.75) is 19.1 Å². The summed E-state index contributed by atoms with van der Waals surface area (Å²) in [6, 6.07) is 4.41. The van der Waals surface area contributed by atoms with Crippen molar-refractivity contribution < 1.29 is 28.2 Å². The maximum atomic E-state index is 14.5. The van der Waals surface area contributed by atoms with Crippen molar-refractivity contribution in [3.05, 3.63) is 24.0 Å². The Morgan fingerprint density at radius 1 is 1.33 bits per heavy atom. The Morgan fingerprint density at radius 3 is 2.70 bits per heavy atom. The van der Waals surface area contributed by atoms with E-state index in [-0.39, 0.29) is 25.0 Å². The largest absolute Gasteiger partial charge is 0.453 e. The highest BCUT2D eigenvalue weighted by atomic mass is 19.1. The molecule has 0 spiro atoms. The third-order valence-corrected chi connectivity index (χ3v) is 4.43. The number of hydrogen-bond acceptors (Lipinski definition) is 6. The number of carbonyl (C=O) groups is 3. The van der Waals surface area contributed by atoms with Crippen molar-refractivity contribution >= 4 is 29.5 Å². The zero-order chi connectivity index (χ0) is 19.6. The van der Waals surface area contributed by atoms with E-state index in [0.29, 0.717) is 24.5 Å². The molecule has 0 radical (unpaired) electrons. The molecule has 2 heterocycles. The molecule has 2 fully saturated rings. The van der Waals surface area contributed by atoms with E-state index >= 15 is 0 Å². The predicted molar refractivity (Wildman–Crippen MR) is 94.2 cm³/mol. The second-order valence-corrected chi connectivity index (χ2v) is 6.43. The molecule has 0 aromatic heterocycles. The molecule has 0 unspecified atom stereocenters. The molecule has 2 aliphatic heterocycles. The van der Waals surface area contributed by atoms with E-state index in [1.165, 1.54) is 25.0 Å². The summed E-state index contributed by atoms with van der Waals surface area (Å²) in [5.74, 6) is -0.684. The normalized spacial score (nSPS) is 19.4. The van der Waals surface area contributed by atoms with Gasteiger partial charge in [-0.05, 0) is 18.2 Å². The average Bonchev–Trinajstić information content (AvgIpc) is 2.97. The standard InChI is InChI=1S/C17H21FN4O5/c1-10(23)19-6-13-9-22(17(25)27-13)12-3-4-15(14(18)5-12)21-7-11(8-21)20-16(24)26-2/h3-5,11,13H,6-9H2,1-2H3,(H,19,23)(H,20,24)/t13-/m0/s1. The van der Waals surface area contributed by atoms with Crippen LogP contribution in [0.5, 0.6) is 0 Å². The van der Waals surface area contributed by atoms with Crippen LogP contribution in [0.15, 0.2) is 18.2 Å². The van der Waals surface area contributed by atoms with Crippen molar-refractivity contribution in [1.82, 2.24) is 10.6 Å². The Bertz CT molecular complexity index is 753. The Balaban J connectivity index is 1.60. The SMILES string of the molecule is COC(=O)NC1CN(c2ccc(N3C[C@H](CNC(C)=O)OC3=O)cc2F)C1. The van der Waals surface area contributed by atoms with Gasteiger partial charge in [0.25, 0.3) is 0 Å². The first-order valence-corrected chi connectivity index (χ1v) is 8.49. The predicted octanol–water partition coefficient (Wildman–Crippen LogP) is 0.832. The van der Waals surface area contributed by atoms with Crippen molar-refractivity contribution in [1.29, 1.82) is 0 Å². The number of nitrogens with one attached hydrogen (secondary N) is 2. The highest BCUT2D eigenvalue weighted by Crippen LogP contribution is 2.30. The molecule has 27 heavy (non-hydrogen) atoms. The van der Waals surface area contributed by atoms with Gasteiger partial charge in [-0.2, -0.15) is 0 Å². The summed E-state index contributed by atoms with van der Waals surface area (Å²) in [6.45, 7) is 2.75. The third-order valence-electron chi connectivity index (χ3n) is 4.43. The van der Waals surface area contributed by atoms with Crippen LogP contribution < -0.4 is 20.4 Å². The number of benzene rings is 1. The first-order chi connectivity index (χ1) is 12.9. The third kappa shape index (κ3) is 4.21. The van der Waals surface area contributed by atoms with Crippen molar-refractivity contribution in [3.8, 4) is 0 Å². The molecule has 0 saturated carbocycles. The molecule has 3 rings (SSSR count). The number of methoxy groups -OCH3 is 1. The molecule has 10 heteroatoms. The zero-order valence-electron chi connectivity index (χ0n) is 15.0. The minimum Gasteiger partial charge on any atom is -0.453 e. The highest BCUT2D eigenvalue weighted by Gasteiger charge is 2.34. The number of cyclic esters (lactones) is 1. The quantitative estimate of drug-likeness (QED) is 0.785. The topological polar surface area (TPSA) is 100 Å². The molecular weight excluding hydrogens is 359 g/mol. The molecular formula is C17H21FN4O5. The molecule has 0 aliphatic carbocycles. The van der Waals surface area contributed by atoms with Crippen LogP contribution in [-0.4, -0.2) is 63.5 Å². The number of hydrogen-bond donors (Lipinski definition) is 2. The van der Waals surface area contributed by atoms with E-state index in [4.69, 9.17) is 4.74 Å². The van der Waals surface area contributed by atoms with E-state index in [2.05, 4.69) is 15.4 Å². The molecule has 2 aliphatic rings. The summed E-state index contributed by atoms with van der Waals surface area (Å²) in [7, 11) is 1.29. The van der Waals surface area contributed by atoms with Gasteiger partial charge in [-0.15, -0.1) is 0 Å². The van der Waals surface area contributed by atoms with Crippen LogP contribution in [0.4, 0.5) is 25.4 Å². The molecule has 1 aromatic carbocycles. The molecule has 0 bridgehead atoms. The smallest absolute Gasteiger partial charge is 0.414 e. The number of rotatable bonds is 5. The Labute approximate surface area is 155 Å². The molecule has 3 amide bonds. The van der Waals surface area contributed by atoms with Gasteiger partial charge in [-0.3, -0.25) is 9.69 Å². The van der Waals surface area contributed by atoms with Crippen LogP contribution in [0.25, 0.3) is 0 Å². The monoisotopic (exact) mass is 380 g/mol. The molecule has 2 saturated heterocycles. The Kier molecular flexibility index (Phi) is 5.33. The van der Waals surface area contributed by atoms with E-state index in [1.807, 2.05) is 0 Å². The van der Waals surface area contributed by atoms with Crippen molar-refractivity contribution in [2.24, 2.45) is 0 Å². The summed E-state index contributed by atoms with van der Waals surface area (Å²) >= 11 is 0. The lowest BCUT2D eigenvalue weighted by molar-refractivity contribution is -0.119. The van der Waals surface area contributed by atoms with E-state index in [0.717, 1.165) is 0 Å². The minimum atomic E-state index is -0.580. The van der Waals surface area contributed by atoms with Gasteiger partial charge in [-0.1, -0.05) is 0 Å². The molecule has 1 aromatic rings. The molecule has 2 N–H and O–H groups in total. The van der Waals surface area contributed by atoms with Crippen LogP contribution in [-0.2, 0) is 14.3 Å². The van der Waals surface area contributed by atoms with Gasteiger partial charge in [0, 0.05) is 20.0 Å². The lowest BCUT2D eigenvalue weighted by Gasteiger charge is -2.41. The van der Waals surface area contributed by atoms with Crippen LogP contribution in [0.1, 0.15) is 6.92 Å². The number of amides is 3. The number of carbonyl (C=O) groups excluding carboxylic acids is 3. The number of nitrogens with zero attached hydrogens (tertiary/aromatic N) is 2. The highest BCUT2D eigenvalue weighted by molar-refractivity contribution is 5.90. The first-order valence-electron chi connectivity index (χ1n) is 8.49. The second-order valence-electron chi connectivity index (χ2n) is 6.43. The number of ether oxygens (including phenoxy) is 2. The van der Waals surface area contributed by atoms with Gasteiger partial charge in [0.1, 0.15) is 11.9 Å². The summed E-state index contributed by atoms with van der Waals surface area (Å²) in [6.07, 6.45) is -1.58. The number of anilines is 2. The maximum absolute atomic E-state index is 14.5. The second kappa shape index (κ2) is 7.68. The summed E-state index contributed by atoms with van der Waals surface area (Å²) < 4.78 is 24.2. The molecule has 146 valence electrons. The van der Waals surface area contributed by atoms with Gasteiger partial charge in [0.05, 0.1) is 37.6 Å². The molecule has 9 nitrogen and oxygen atoms in total. The number of alkyl carbamates (subject to hydrolysis) is 1. The van der Waals surface area contributed by atoms with Crippen LogP contribution in [0, 0.1) is 5.82 Å². The fourth-order valence-corrected chi connectivity index (χ4v) is 3.01. The van der Waals surface area contributed by atoms with Gasteiger partial charge in [-0.25, -0.2) is 14.0 Å². The van der Waals surface area contributed by atoms with Crippen LogP contribution in [0.3, 0.4) is 0 Å². The van der Waals surface area contributed by atoms with Gasteiger partial charge in [0.15, 0.2) is 0 Å². The maximum Gasteiger partial charge on any atom is 0.414 e. The average molecular weight is 380 g/mol. The van der Waals surface area contributed by atoms with Gasteiger partial charge in [0.2, 0.25) is 5.91 Å². The van der Waals surface area contributed by atoms with Crippen LogP contribution >= 0.6 is 0 Å². The van der Waals surface area contributed by atoms with Crippen LogP contribution in [0.2, 0.25) is 0 Å². The zero-order valence-corrected chi connectivity index (χ0v) is 15.0. The summed E-state index contributed by atoms with van der Waals surface area (Å²) in [5.41, 5.74) is 0.778. The van der Waals surface area contributed by atoms with Gasteiger partial charge >= 0.3 is 12.2 Å². The van der Waals surface area contributed by atoms with E-state index < -0.39 is 24.1 Å². The fraction of sp³-hybridized carbons (Fsp3) is 0.471. The van der Waals surface area contributed by atoms with E-state index in [1.54, 1.807) is 17.0 Å². The molecule has 1 atom stereocenters.